The summed E-state index contributed by atoms with van der Waals surface area (Å²) in [5, 5.41) is 0.477. The molecule has 0 unspecified atom stereocenters. The van der Waals surface area contributed by atoms with Crippen molar-refractivity contribution in [3.63, 3.8) is 0 Å². The number of aromatic nitrogens is 2. The lowest BCUT2D eigenvalue weighted by Gasteiger charge is -2.21. The summed E-state index contributed by atoms with van der Waals surface area (Å²) in [4.78, 5) is 27.0. The largest absolute Gasteiger partial charge is 0.497 e. The Morgan fingerprint density at radius 3 is 2.44 bits per heavy atom. The zero-order valence-corrected chi connectivity index (χ0v) is 10.9. The molecule has 1 heterocycles. The Labute approximate surface area is 104 Å². The van der Waals surface area contributed by atoms with Crippen LogP contribution in [0.5, 0.6) is 5.75 Å². The predicted octanol–water partition coefficient (Wildman–Crippen LogP) is 1.45. The van der Waals surface area contributed by atoms with E-state index in [1.807, 2.05) is 20.8 Å². The molecule has 0 bridgehead atoms. The van der Waals surface area contributed by atoms with Crippen LogP contribution in [0.15, 0.2) is 27.8 Å². The quantitative estimate of drug-likeness (QED) is 0.830. The minimum atomic E-state index is -0.557. The van der Waals surface area contributed by atoms with E-state index in [1.165, 1.54) is 11.7 Å². The fraction of sp³-hybridized carbons (Fsp3) is 0.385. The fourth-order valence-electron chi connectivity index (χ4n) is 1.93. The van der Waals surface area contributed by atoms with Crippen LogP contribution < -0.4 is 16.0 Å². The van der Waals surface area contributed by atoms with Gasteiger partial charge in [-0.1, -0.05) is 0 Å². The zero-order valence-electron chi connectivity index (χ0n) is 10.9. The average Bonchev–Trinajstić information content (AvgIpc) is 2.26. The number of fused-ring (bicyclic) bond motifs is 1. The first kappa shape index (κ1) is 12.4. The molecule has 0 saturated heterocycles. The fourth-order valence-corrected chi connectivity index (χ4v) is 1.93. The van der Waals surface area contributed by atoms with Crippen molar-refractivity contribution in [3.8, 4) is 5.75 Å². The molecule has 96 valence electrons. The number of nitrogens with zero attached hydrogens (tertiary/aromatic N) is 1. The minimum Gasteiger partial charge on any atom is -0.497 e. The van der Waals surface area contributed by atoms with Crippen molar-refractivity contribution >= 4 is 10.9 Å². The number of benzene rings is 1. The van der Waals surface area contributed by atoms with E-state index in [-0.39, 0.29) is 5.56 Å². The first-order valence-electron chi connectivity index (χ1n) is 5.68. The van der Waals surface area contributed by atoms with Crippen LogP contribution in [0.25, 0.3) is 10.9 Å². The lowest BCUT2D eigenvalue weighted by molar-refractivity contribution is 0.369. The summed E-state index contributed by atoms with van der Waals surface area (Å²) in [5.41, 5.74) is -0.763. The molecule has 2 aromatic rings. The topological polar surface area (TPSA) is 64.1 Å². The molecule has 0 saturated carbocycles. The standard InChI is InChI=1S/C13H16N2O3/c1-13(2,3)15-11(16)9-6-5-8(18-4)7-10(9)14-12(15)17/h5-7H,1-4H3,(H,14,17). The summed E-state index contributed by atoms with van der Waals surface area (Å²) in [6.45, 7) is 5.46. The van der Waals surface area contributed by atoms with E-state index in [9.17, 15) is 9.59 Å². The van der Waals surface area contributed by atoms with Gasteiger partial charge in [-0.2, -0.15) is 0 Å². The molecule has 0 atom stereocenters. The van der Waals surface area contributed by atoms with Gasteiger partial charge >= 0.3 is 5.69 Å². The molecule has 5 heteroatoms. The van der Waals surface area contributed by atoms with Crippen molar-refractivity contribution in [1.29, 1.82) is 0 Å². The highest BCUT2D eigenvalue weighted by Crippen LogP contribution is 2.16. The molecule has 2 rings (SSSR count). The molecule has 5 nitrogen and oxygen atoms in total. The predicted molar refractivity (Wildman–Crippen MR) is 70.4 cm³/mol. The van der Waals surface area contributed by atoms with Crippen LogP contribution in [0, 0.1) is 0 Å². The Balaban J connectivity index is 2.89. The summed E-state index contributed by atoms with van der Waals surface area (Å²) < 4.78 is 6.29. The average molecular weight is 248 g/mol. The van der Waals surface area contributed by atoms with Crippen molar-refractivity contribution in [2.75, 3.05) is 7.11 Å². The van der Waals surface area contributed by atoms with Crippen LogP contribution in [0.2, 0.25) is 0 Å². The summed E-state index contributed by atoms with van der Waals surface area (Å²) in [7, 11) is 1.54. The number of methoxy groups -OCH3 is 1. The van der Waals surface area contributed by atoms with Gasteiger partial charge in [0.05, 0.1) is 18.0 Å². The van der Waals surface area contributed by atoms with Gasteiger partial charge in [-0.05, 0) is 32.9 Å². The van der Waals surface area contributed by atoms with Crippen LogP contribution in [-0.4, -0.2) is 16.7 Å². The molecule has 0 aliphatic rings. The third kappa shape index (κ3) is 1.92. The van der Waals surface area contributed by atoms with Gasteiger partial charge in [-0.25, -0.2) is 4.79 Å². The Kier molecular flexibility index (Phi) is 2.77. The lowest BCUT2D eigenvalue weighted by atomic mass is 10.1. The monoisotopic (exact) mass is 248 g/mol. The van der Waals surface area contributed by atoms with Gasteiger partial charge in [0.25, 0.3) is 5.56 Å². The van der Waals surface area contributed by atoms with E-state index in [1.54, 1.807) is 18.2 Å². The maximum atomic E-state index is 12.3. The summed E-state index contributed by atoms with van der Waals surface area (Å²) >= 11 is 0. The van der Waals surface area contributed by atoms with Gasteiger partial charge in [0, 0.05) is 11.6 Å². The summed E-state index contributed by atoms with van der Waals surface area (Å²) in [5.74, 6) is 0.603. The van der Waals surface area contributed by atoms with Gasteiger partial charge in [0.15, 0.2) is 0 Å². The number of rotatable bonds is 1. The summed E-state index contributed by atoms with van der Waals surface area (Å²) in [6.07, 6.45) is 0. The van der Waals surface area contributed by atoms with E-state index in [0.717, 1.165) is 0 Å². The lowest BCUT2D eigenvalue weighted by Crippen LogP contribution is -2.44. The van der Waals surface area contributed by atoms with E-state index in [0.29, 0.717) is 16.7 Å². The van der Waals surface area contributed by atoms with Gasteiger partial charge in [0.1, 0.15) is 5.75 Å². The molecule has 0 fully saturated rings. The second-order valence-corrected chi connectivity index (χ2v) is 5.15. The zero-order chi connectivity index (χ0) is 13.5. The SMILES string of the molecule is COc1ccc2c(=O)n(C(C)(C)C)c(=O)[nH]c2c1. The Morgan fingerprint density at radius 2 is 1.89 bits per heavy atom. The van der Waals surface area contributed by atoms with E-state index >= 15 is 0 Å². The molecular formula is C13H16N2O3. The van der Waals surface area contributed by atoms with Crippen molar-refractivity contribution in [2.45, 2.75) is 26.3 Å². The second kappa shape index (κ2) is 4.01. The van der Waals surface area contributed by atoms with Crippen LogP contribution in [-0.2, 0) is 5.54 Å². The number of hydrogen-bond donors (Lipinski definition) is 1. The number of aromatic amines is 1. The van der Waals surface area contributed by atoms with E-state index < -0.39 is 11.2 Å². The Bertz CT molecular complexity index is 705. The molecule has 0 spiro atoms. The smallest absolute Gasteiger partial charge is 0.329 e. The maximum absolute atomic E-state index is 12.3. The van der Waals surface area contributed by atoms with Crippen LogP contribution >= 0.6 is 0 Å². The van der Waals surface area contributed by atoms with Crippen molar-refractivity contribution in [1.82, 2.24) is 9.55 Å². The van der Waals surface area contributed by atoms with Crippen LogP contribution in [0.4, 0.5) is 0 Å². The Morgan fingerprint density at radius 1 is 1.22 bits per heavy atom. The van der Waals surface area contributed by atoms with E-state index in [2.05, 4.69) is 4.98 Å². The molecule has 0 amide bonds. The molecule has 0 radical (unpaired) electrons. The molecule has 1 aromatic carbocycles. The number of nitrogens with one attached hydrogen (secondary N) is 1. The minimum absolute atomic E-state index is 0.288. The van der Waals surface area contributed by atoms with Gasteiger partial charge in [-0.15, -0.1) is 0 Å². The van der Waals surface area contributed by atoms with Crippen molar-refractivity contribution < 1.29 is 4.74 Å². The van der Waals surface area contributed by atoms with Crippen LogP contribution in [0.3, 0.4) is 0 Å². The third-order valence-corrected chi connectivity index (χ3v) is 2.78. The van der Waals surface area contributed by atoms with Crippen molar-refractivity contribution in [3.05, 3.63) is 39.0 Å². The van der Waals surface area contributed by atoms with Crippen LogP contribution in [0.1, 0.15) is 20.8 Å². The molecule has 1 N–H and O–H groups in total. The second-order valence-electron chi connectivity index (χ2n) is 5.15. The third-order valence-electron chi connectivity index (χ3n) is 2.78. The highest BCUT2D eigenvalue weighted by Gasteiger charge is 2.19. The highest BCUT2D eigenvalue weighted by molar-refractivity contribution is 5.78. The Hall–Kier alpha value is -2.04. The first-order chi connectivity index (χ1) is 8.34. The first-order valence-corrected chi connectivity index (χ1v) is 5.68. The van der Waals surface area contributed by atoms with E-state index in [4.69, 9.17) is 4.74 Å². The molecular weight excluding hydrogens is 232 g/mol. The highest BCUT2D eigenvalue weighted by atomic mass is 16.5. The normalized spacial score (nSPS) is 11.8. The number of hydrogen-bond acceptors (Lipinski definition) is 3. The molecule has 18 heavy (non-hydrogen) atoms. The van der Waals surface area contributed by atoms with Gasteiger partial charge in [0.2, 0.25) is 0 Å². The summed E-state index contributed by atoms with van der Waals surface area (Å²) in [6, 6.07) is 5.01. The van der Waals surface area contributed by atoms with Gasteiger partial charge < -0.3 is 9.72 Å². The molecule has 1 aromatic heterocycles. The molecule has 0 aliphatic carbocycles. The maximum Gasteiger partial charge on any atom is 0.329 e. The van der Waals surface area contributed by atoms with Gasteiger partial charge in [-0.3, -0.25) is 9.36 Å². The van der Waals surface area contributed by atoms with Crippen molar-refractivity contribution in [2.24, 2.45) is 0 Å². The number of ether oxygens (including phenoxy) is 1. The number of H-pyrrole nitrogens is 1. The molecule has 0 aliphatic heterocycles.